The average Bonchev–Trinajstić information content (AvgIpc) is 2.95. The molecular weight excluding hydrogens is 258 g/mol. The van der Waals surface area contributed by atoms with E-state index < -0.39 is 6.04 Å². The Morgan fingerprint density at radius 3 is 2.45 bits per heavy atom. The predicted octanol–water partition coefficient (Wildman–Crippen LogP) is 0.364. The Morgan fingerprint density at radius 2 is 1.85 bits per heavy atom. The van der Waals surface area contributed by atoms with Crippen LogP contribution in [-0.4, -0.2) is 35.3 Å². The Kier molecular flexibility index (Phi) is 3.02. The third kappa shape index (κ3) is 2.08. The molecule has 3 rings (SSSR count). The van der Waals surface area contributed by atoms with Crippen molar-refractivity contribution in [2.45, 2.75) is 25.8 Å². The summed E-state index contributed by atoms with van der Waals surface area (Å²) >= 11 is 0. The van der Waals surface area contributed by atoms with Crippen molar-refractivity contribution in [3.63, 3.8) is 0 Å². The maximum Gasteiger partial charge on any atom is 0.253 e. The first-order chi connectivity index (χ1) is 9.56. The average molecular weight is 273 g/mol. The molecule has 2 heterocycles. The third-order valence-corrected chi connectivity index (χ3v) is 3.64. The molecule has 0 saturated carbocycles. The van der Waals surface area contributed by atoms with E-state index in [4.69, 9.17) is 0 Å². The van der Waals surface area contributed by atoms with Gasteiger partial charge in [0.25, 0.3) is 5.91 Å². The lowest BCUT2D eigenvalue weighted by molar-refractivity contribution is -0.125. The van der Waals surface area contributed by atoms with E-state index >= 15 is 0 Å². The van der Waals surface area contributed by atoms with E-state index in [0.29, 0.717) is 18.7 Å². The van der Waals surface area contributed by atoms with E-state index in [1.807, 2.05) is 19.1 Å². The third-order valence-electron chi connectivity index (χ3n) is 3.64. The van der Waals surface area contributed by atoms with Gasteiger partial charge in [-0.15, -0.1) is 0 Å². The summed E-state index contributed by atoms with van der Waals surface area (Å²) in [6.45, 7) is 2.41. The van der Waals surface area contributed by atoms with Crippen LogP contribution in [0.25, 0.3) is 0 Å². The van der Waals surface area contributed by atoms with E-state index in [9.17, 15) is 14.4 Å². The summed E-state index contributed by atoms with van der Waals surface area (Å²) in [5.74, 6) is -0.620. The minimum Gasteiger partial charge on any atom is -0.288 e. The summed E-state index contributed by atoms with van der Waals surface area (Å²) in [7, 11) is 0. The highest BCUT2D eigenvalue weighted by molar-refractivity contribution is 6.22. The van der Waals surface area contributed by atoms with Gasteiger partial charge in [0.2, 0.25) is 11.8 Å². The van der Waals surface area contributed by atoms with Crippen LogP contribution in [0.1, 0.15) is 18.4 Å². The van der Waals surface area contributed by atoms with Gasteiger partial charge in [0.05, 0.1) is 12.1 Å². The molecule has 20 heavy (non-hydrogen) atoms. The summed E-state index contributed by atoms with van der Waals surface area (Å²) < 4.78 is 0. The van der Waals surface area contributed by atoms with Gasteiger partial charge in [0.15, 0.2) is 0 Å². The number of amides is 3. The summed E-state index contributed by atoms with van der Waals surface area (Å²) in [6.07, 6.45) is 0.468. The molecule has 2 aliphatic heterocycles. The molecule has 0 spiro atoms. The van der Waals surface area contributed by atoms with Crippen LogP contribution in [0, 0.1) is 6.92 Å². The number of carbonyl (C=O) groups excluding carboxylic acids is 3. The molecule has 2 fully saturated rings. The Labute approximate surface area is 116 Å². The van der Waals surface area contributed by atoms with Crippen LogP contribution in [0.2, 0.25) is 0 Å². The van der Waals surface area contributed by atoms with Crippen molar-refractivity contribution in [2.24, 2.45) is 0 Å². The smallest absolute Gasteiger partial charge is 0.253 e. The first-order valence-electron chi connectivity index (χ1n) is 6.56. The topological polar surface area (TPSA) is 69.7 Å². The van der Waals surface area contributed by atoms with Gasteiger partial charge in [0, 0.05) is 13.0 Å². The monoisotopic (exact) mass is 273 g/mol. The molecule has 0 aromatic heterocycles. The molecule has 1 aromatic rings. The van der Waals surface area contributed by atoms with Crippen molar-refractivity contribution < 1.29 is 14.4 Å². The number of hydrogen-bond acceptors (Lipinski definition) is 4. The molecule has 2 saturated heterocycles. The number of nitrogens with zero attached hydrogens (tertiary/aromatic N) is 2. The normalized spacial score (nSPS) is 23.6. The van der Waals surface area contributed by atoms with Gasteiger partial charge in [-0.05, 0) is 19.1 Å². The van der Waals surface area contributed by atoms with Crippen LogP contribution in [0.5, 0.6) is 0 Å². The van der Waals surface area contributed by atoms with Crippen molar-refractivity contribution in [3.05, 3.63) is 29.8 Å². The number of carbonyl (C=O) groups is 3. The van der Waals surface area contributed by atoms with Crippen molar-refractivity contribution in [1.82, 2.24) is 10.4 Å². The van der Waals surface area contributed by atoms with Crippen LogP contribution in [0.3, 0.4) is 0 Å². The molecule has 2 aliphatic rings. The molecule has 1 N–H and O–H groups in total. The highest BCUT2D eigenvalue weighted by atomic mass is 16.2. The van der Waals surface area contributed by atoms with Crippen LogP contribution in [0.4, 0.5) is 5.69 Å². The molecule has 1 aromatic carbocycles. The summed E-state index contributed by atoms with van der Waals surface area (Å²) in [4.78, 5) is 36.9. The lowest BCUT2D eigenvalue weighted by atomic mass is 10.2. The van der Waals surface area contributed by atoms with Gasteiger partial charge in [-0.3, -0.25) is 19.8 Å². The largest absolute Gasteiger partial charge is 0.288 e. The second-order valence-corrected chi connectivity index (χ2v) is 5.10. The fraction of sp³-hybridized carbons (Fsp3) is 0.357. The van der Waals surface area contributed by atoms with Crippen LogP contribution >= 0.6 is 0 Å². The number of nitrogens with one attached hydrogen (secondary N) is 1. The zero-order chi connectivity index (χ0) is 14.3. The quantitative estimate of drug-likeness (QED) is 0.790. The lowest BCUT2D eigenvalue weighted by Crippen LogP contribution is -2.46. The Hall–Kier alpha value is -2.21. The van der Waals surface area contributed by atoms with Gasteiger partial charge in [0.1, 0.15) is 6.04 Å². The minimum absolute atomic E-state index is 0.104. The standard InChI is InChI=1S/C14H15N3O3/c1-9-2-4-10(5-3-9)17-13(19)8-11(14(17)20)16-7-6-12(18)15-16/h2-5,11H,6-8H2,1H3,(H,15,18)/t11-/m0/s1. The van der Waals surface area contributed by atoms with E-state index in [1.54, 1.807) is 17.1 Å². The zero-order valence-corrected chi connectivity index (χ0v) is 11.1. The number of imide groups is 1. The first-order valence-corrected chi connectivity index (χ1v) is 6.56. The Balaban J connectivity index is 1.83. The maximum atomic E-state index is 12.4. The molecule has 0 aliphatic carbocycles. The molecular formula is C14H15N3O3. The van der Waals surface area contributed by atoms with Gasteiger partial charge in [-0.25, -0.2) is 9.91 Å². The van der Waals surface area contributed by atoms with Crippen LogP contribution in [0.15, 0.2) is 24.3 Å². The molecule has 0 bridgehead atoms. The number of aryl methyl sites for hydroxylation is 1. The molecule has 3 amide bonds. The highest BCUT2D eigenvalue weighted by Crippen LogP contribution is 2.26. The Bertz CT molecular complexity index is 582. The van der Waals surface area contributed by atoms with Crippen LogP contribution in [-0.2, 0) is 14.4 Å². The second kappa shape index (κ2) is 4.72. The highest BCUT2D eigenvalue weighted by Gasteiger charge is 2.44. The van der Waals surface area contributed by atoms with Gasteiger partial charge < -0.3 is 0 Å². The van der Waals surface area contributed by atoms with Crippen molar-refractivity contribution in [2.75, 3.05) is 11.4 Å². The summed E-state index contributed by atoms with van der Waals surface area (Å²) in [6, 6.07) is 6.66. The van der Waals surface area contributed by atoms with E-state index in [2.05, 4.69) is 5.43 Å². The first kappa shape index (κ1) is 12.8. The number of hydrogen-bond donors (Lipinski definition) is 1. The van der Waals surface area contributed by atoms with Crippen LogP contribution < -0.4 is 10.3 Å². The van der Waals surface area contributed by atoms with Gasteiger partial charge in [-0.2, -0.15) is 0 Å². The molecule has 104 valence electrons. The van der Waals surface area contributed by atoms with E-state index in [0.717, 1.165) is 5.56 Å². The minimum atomic E-state index is -0.588. The molecule has 1 atom stereocenters. The Morgan fingerprint density at radius 1 is 1.15 bits per heavy atom. The fourth-order valence-corrected chi connectivity index (χ4v) is 2.55. The second-order valence-electron chi connectivity index (χ2n) is 5.10. The SMILES string of the molecule is Cc1ccc(N2C(=O)C[C@H](N3CCC(=O)N3)C2=O)cc1. The van der Waals surface area contributed by atoms with Gasteiger partial charge in [-0.1, -0.05) is 17.7 Å². The summed E-state index contributed by atoms with van der Waals surface area (Å²) in [5, 5.41) is 1.57. The van der Waals surface area contributed by atoms with E-state index in [-0.39, 0.29) is 24.1 Å². The zero-order valence-electron chi connectivity index (χ0n) is 11.1. The van der Waals surface area contributed by atoms with Crippen molar-refractivity contribution in [3.8, 4) is 0 Å². The molecule has 6 heteroatoms. The van der Waals surface area contributed by atoms with E-state index in [1.165, 1.54) is 4.90 Å². The molecule has 0 radical (unpaired) electrons. The van der Waals surface area contributed by atoms with Gasteiger partial charge >= 0.3 is 0 Å². The molecule has 0 unspecified atom stereocenters. The molecule has 6 nitrogen and oxygen atoms in total. The number of rotatable bonds is 2. The predicted molar refractivity (Wildman–Crippen MR) is 71.5 cm³/mol. The van der Waals surface area contributed by atoms with Crippen molar-refractivity contribution >= 4 is 23.4 Å². The maximum absolute atomic E-state index is 12.4. The summed E-state index contributed by atoms with van der Waals surface area (Å²) in [5.41, 5.74) is 4.27. The fourth-order valence-electron chi connectivity index (χ4n) is 2.55. The lowest BCUT2D eigenvalue weighted by Gasteiger charge is -2.21. The van der Waals surface area contributed by atoms with Crippen molar-refractivity contribution in [1.29, 1.82) is 0 Å². The number of benzene rings is 1. The number of hydrazine groups is 1. The number of anilines is 1.